The number of benzene rings is 2. The summed E-state index contributed by atoms with van der Waals surface area (Å²) in [5, 5.41) is 11.2. The first-order valence-corrected chi connectivity index (χ1v) is 12.6. The van der Waals surface area contributed by atoms with Crippen molar-refractivity contribution in [2.45, 2.75) is 50.5 Å². The van der Waals surface area contributed by atoms with Crippen LogP contribution in [0.3, 0.4) is 0 Å². The largest absolute Gasteiger partial charge is 0.495 e. The third-order valence-corrected chi connectivity index (χ3v) is 7.74. The first-order valence-electron chi connectivity index (χ1n) is 11.2. The Morgan fingerprint density at radius 3 is 2.67 bits per heavy atom. The molecule has 2 heterocycles. The van der Waals surface area contributed by atoms with Crippen LogP contribution in [0.4, 0.5) is 5.69 Å². The summed E-state index contributed by atoms with van der Waals surface area (Å²) in [5.74, 6) is 0.504. The molecule has 33 heavy (non-hydrogen) atoms. The highest BCUT2D eigenvalue weighted by molar-refractivity contribution is 7.89. The smallest absolute Gasteiger partial charge is 0.243 e. The molecule has 1 aromatic heterocycles. The van der Waals surface area contributed by atoms with Crippen molar-refractivity contribution in [3.63, 3.8) is 0 Å². The van der Waals surface area contributed by atoms with Gasteiger partial charge in [-0.05, 0) is 62.1 Å². The molecule has 1 aliphatic heterocycles. The van der Waals surface area contributed by atoms with Gasteiger partial charge in [0.25, 0.3) is 0 Å². The van der Waals surface area contributed by atoms with Crippen molar-refractivity contribution < 1.29 is 17.9 Å². The van der Waals surface area contributed by atoms with E-state index in [9.17, 15) is 13.2 Å². The molecule has 1 aliphatic rings. The first kappa shape index (κ1) is 23.2. The molecule has 0 saturated carbocycles. The molecule has 0 atom stereocenters. The lowest BCUT2D eigenvalue weighted by atomic mass is 10.2. The van der Waals surface area contributed by atoms with Crippen LogP contribution in [0.2, 0.25) is 0 Å². The topological polar surface area (TPSA) is 106 Å². The van der Waals surface area contributed by atoms with E-state index < -0.39 is 10.0 Å². The summed E-state index contributed by atoms with van der Waals surface area (Å²) < 4.78 is 34.4. The fraction of sp³-hybridized carbons (Fsp3) is 0.435. The monoisotopic (exact) mass is 471 g/mol. The maximum absolute atomic E-state index is 12.9. The molecule has 176 valence electrons. The predicted molar refractivity (Wildman–Crippen MR) is 126 cm³/mol. The molecule has 0 aliphatic carbocycles. The van der Waals surface area contributed by atoms with E-state index in [1.54, 1.807) is 34.3 Å². The number of anilines is 1. The van der Waals surface area contributed by atoms with E-state index in [4.69, 9.17) is 4.74 Å². The molecular weight excluding hydrogens is 442 g/mol. The van der Waals surface area contributed by atoms with Crippen LogP contribution >= 0.6 is 0 Å². The fourth-order valence-electron chi connectivity index (χ4n) is 4.05. The SMILES string of the molecule is COc1ccc(C)cc1NC(=O)CCCn1nnc2cc(S(=O)(=O)N3CCCCC3)ccc21. The van der Waals surface area contributed by atoms with E-state index in [0.717, 1.165) is 30.3 Å². The second-order valence-corrected chi connectivity index (χ2v) is 10.2. The average molecular weight is 472 g/mol. The number of hydrogen-bond acceptors (Lipinski definition) is 6. The van der Waals surface area contributed by atoms with Gasteiger partial charge in [0.1, 0.15) is 11.3 Å². The van der Waals surface area contributed by atoms with Crippen LogP contribution in [0.25, 0.3) is 11.0 Å². The number of methoxy groups -OCH3 is 1. The Balaban J connectivity index is 1.39. The quantitative estimate of drug-likeness (QED) is 0.540. The van der Waals surface area contributed by atoms with Crippen molar-refractivity contribution in [1.82, 2.24) is 19.3 Å². The molecule has 9 nitrogen and oxygen atoms in total. The lowest BCUT2D eigenvalue weighted by Crippen LogP contribution is -2.35. The van der Waals surface area contributed by atoms with Crippen LogP contribution in [0.5, 0.6) is 5.75 Å². The van der Waals surface area contributed by atoms with Crippen LogP contribution in [0.15, 0.2) is 41.3 Å². The number of aromatic nitrogens is 3. The number of amides is 1. The van der Waals surface area contributed by atoms with Gasteiger partial charge < -0.3 is 10.1 Å². The van der Waals surface area contributed by atoms with Crippen LogP contribution in [-0.4, -0.2) is 53.8 Å². The lowest BCUT2D eigenvalue weighted by molar-refractivity contribution is -0.116. The maximum Gasteiger partial charge on any atom is 0.243 e. The number of hydrogen-bond donors (Lipinski definition) is 1. The molecule has 4 rings (SSSR count). The first-order chi connectivity index (χ1) is 15.9. The zero-order chi connectivity index (χ0) is 23.4. The molecule has 3 aromatic rings. The third-order valence-electron chi connectivity index (χ3n) is 5.84. The Bertz CT molecular complexity index is 1250. The van der Waals surface area contributed by atoms with Gasteiger partial charge in [-0.25, -0.2) is 13.1 Å². The molecule has 2 aromatic carbocycles. The summed E-state index contributed by atoms with van der Waals surface area (Å²) in [5.41, 5.74) is 2.95. The van der Waals surface area contributed by atoms with Crippen LogP contribution in [0, 0.1) is 6.92 Å². The van der Waals surface area contributed by atoms with Gasteiger partial charge in [0, 0.05) is 26.1 Å². The van der Waals surface area contributed by atoms with Crippen molar-refractivity contribution >= 4 is 32.7 Å². The highest BCUT2D eigenvalue weighted by atomic mass is 32.2. The predicted octanol–water partition coefficient (Wildman–Crippen LogP) is 3.34. The molecule has 0 unspecified atom stereocenters. The van der Waals surface area contributed by atoms with Gasteiger partial charge >= 0.3 is 0 Å². The molecule has 0 spiro atoms. The van der Waals surface area contributed by atoms with Crippen molar-refractivity contribution in [1.29, 1.82) is 0 Å². The standard InChI is InChI=1S/C23H29N5O4S/c1-17-8-11-22(32-2)20(15-17)24-23(29)7-6-14-28-21-10-9-18(16-19(21)25-26-28)33(30,31)27-12-4-3-5-13-27/h8-11,15-16H,3-7,12-14H2,1-2H3,(H,24,29). The van der Waals surface area contributed by atoms with E-state index in [-0.39, 0.29) is 10.8 Å². The number of nitrogens with zero attached hydrogens (tertiary/aromatic N) is 4. The number of aryl methyl sites for hydroxylation is 2. The lowest BCUT2D eigenvalue weighted by Gasteiger charge is -2.25. The highest BCUT2D eigenvalue weighted by Crippen LogP contribution is 2.26. The van der Waals surface area contributed by atoms with Gasteiger partial charge in [0.15, 0.2) is 0 Å². The van der Waals surface area contributed by atoms with E-state index in [1.165, 1.54) is 0 Å². The molecule has 1 N–H and O–H groups in total. The van der Waals surface area contributed by atoms with Crippen molar-refractivity contribution in [3.05, 3.63) is 42.0 Å². The Morgan fingerprint density at radius 1 is 1.12 bits per heavy atom. The molecule has 0 radical (unpaired) electrons. The molecule has 10 heteroatoms. The molecule has 1 amide bonds. The number of ether oxygens (including phenoxy) is 1. The minimum atomic E-state index is -3.52. The number of nitrogens with one attached hydrogen (secondary N) is 1. The minimum Gasteiger partial charge on any atom is -0.495 e. The normalized spacial score (nSPS) is 15.0. The summed E-state index contributed by atoms with van der Waals surface area (Å²) in [6.45, 7) is 3.56. The Hall–Kier alpha value is -2.98. The Morgan fingerprint density at radius 2 is 1.91 bits per heavy atom. The number of fused-ring (bicyclic) bond motifs is 1. The fourth-order valence-corrected chi connectivity index (χ4v) is 5.59. The molecule has 1 fully saturated rings. The van der Waals surface area contributed by atoms with Gasteiger partial charge in [-0.1, -0.05) is 17.7 Å². The summed E-state index contributed by atoms with van der Waals surface area (Å²) in [7, 11) is -1.95. The summed E-state index contributed by atoms with van der Waals surface area (Å²) in [4.78, 5) is 12.7. The van der Waals surface area contributed by atoms with Crippen molar-refractivity contribution in [2.75, 3.05) is 25.5 Å². The van der Waals surface area contributed by atoms with E-state index in [2.05, 4.69) is 15.6 Å². The summed E-state index contributed by atoms with van der Waals surface area (Å²) >= 11 is 0. The molecule has 1 saturated heterocycles. The van der Waals surface area contributed by atoms with Crippen molar-refractivity contribution in [3.8, 4) is 5.75 Å². The number of sulfonamides is 1. The zero-order valence-corrected chi connectivity index (χ0v) is 19.8. The van der Waals surface area contributed by atoms with E-state index >= 15 is 0 Å². The second-order valence-electron chi connectivity index (χ2n) is 8.28. The van der Waals surface area contributed by atoms with Gasteiger partial charge in [0.2, 0.25) is 15.9 Å². The number of carbonyl (C=O) groups excluding carboxylic acids is 1. The van der Waals surface area contributed by atoms with Crippen LogP contribution in [-0.2, 0) is 21.4 Å². The van der Waals surface area contributed by atoms with Crippen LogP contribution < -0.4 is 10.1 Å². The van der Waals surface area contributed by atoms with Gasteiger partial charge in [-0.15, -0.1) is 5.10 Å². The molecule has 0 bridgehead atoms. The van der Waals surface area contributed by atoms with Crippen LogP contribution in [0.1, 0.15) is 37.7 Å². The number of piperidine rings is 1. The summed E-state index contributed by atoms with van der Waals surface area (Å²) in [6.07, 6.45) is 3.71. The van der Waals surface area contributed by atoms with Gasteiger partial charge in [-0.2, -0.15) is 4.31 Å². The summed E-state index contributed by atoms with van der Waals surface area (Å²) in [6, 6.07) is 10.6. The van der Waals surface area contributed by atoms with Gasteiger partial charge in [0.05, 0.1) is 23.2 Å². The minimum absolute atomic E-state index is 0.113. The number of carbonyl (C=O) groups is 1. The third kappa shape index (κ3) is 5.17. The van der Waals surface area contributed by atoms with E-state index in [1.807, 2.05) is 25.1 Å². The Labute approximate surface area is 193 Å². The average Bonchev–Trinajstić information content (AvgIpc) is 3.22. The molecular formula is C23H29N5O4S. The zero-order valence-electron chi connectivity index (χ0n) is 19.0. The van der Waals surface area contributed by atoms with E-state index in [0.29, 0.717) is 49.4 Å². The van der Waals surface area contributed by atoms with Gasteiger partial charge in [-0.3, -0.25) is 4.79 Å². The van der Waals surface area contributed by atoms with Crippen molar-refractivity contribution in [2.24, 2.45) is 0 Å². The number of rotatable bonds is 8. The maximum atomic E-state index is 12.9. The second kappa shape index (κ2) is 9.88. The highest BCUT2D eigenvalue weighted by Gasteiger charge is 2.26. The Kier molecular flexibility index (Phi) is 6.94.